The average Bonchev–Trinajstić information content (AvgIpc) is 2.86. The van der Waals surface area contributed by atoms with Crippen LogP contribution in [-0.4, -0.2) is 0 Å². The van der Waals surface area contributed by atoms with Crippen LogP contribution in [0.15, 0.2) is 78.4 Å². The summed E-state index contributed by atoms with van der Waals surface area (Å²) >= 11 is 0. The molecule has 0 heterocycles. The molecule has 0 N–H and O–H groups in total. The number of hydrogen-bond acceptors (Lipinski definition) is 0. The Kier molecular flexibility index (Phi) is 2.28. The lowest BCUT2D eigenvalue weighted by atomic mass is 9.81. The van der Waals surface area contributed by atoms with Gasteiger partial charge < -0.3 is 0 Å². The van der Waals surface area contributed by atoms with Crippen LogP contribution in [0.3, 0.4) is 0 Å². The van der Waals surface area contributed by atoms with E-state index in [9.17, 15) is 0 Å². The van der Waals surface area contributed by atoms with E-state index in [2.05, 4.69) is 78.9 Å². The van der Waals surface area contributed by atoms with Crippen molar-refractivity contribution in [2.45, 2.75) is 5.92 Å². The number of fused-ring (bicyclic) bond motifs is 3. The lowest BCUT2D eigenvalue weighted by molar-refractivity contribution is 1.07. The summed E-state index contributed by atoms with van der Waals surface area (Å²) < 4.78 is 0. The SMILES string of the molecule is C1=CC2=Cc3ccccc3C2C(c2ccccc2)=C1. The van der Waals surface area contributed by atoms with Crippen LogP contribution in [0.25, 0.3) is 11.6 Å². The summed E-state index contributed by atoms with van der Waals surface area (Å²) in [6, 6.07) is 19.4. The van der Waals surface area contributed by atoms with E-state index in [0.717, 1.165) is 0 Å². The van der Waals surface area contributed by atoms with Gasteiger partial charge in [-0.15, -0.1) is 0 Å². The van der Waals surface area contributed by atoms with Crippen LogP contribution in [-0.2, 0) is 0 Å². The van der Waals surface area contributed by atoms with E-state index in [-0.39, 0.29) is 0 Å². The fourth-order valence-electron chi connectivity index (χ4n) is 3.09. The minimum Gasteiger partial charge on any atom is -0.0622 e. The van der Waals surface area contributed by atoms with Crippen molar-refractivity contribution >= 4 is 11.6 Å². The molecule has 19 heavy (non-hydrogen) atoms. The first-order chi connectivity index (χ1) is 9.43. The summed E-state index contributed by atoms with van der Waals surface area (Å²) in [6.45, 7) is 0. The maximum atomic E-state index is 2.31. The lowest BCUT2D eigenvalue weighted by Crippen LogP contribution is -2.03. The third-order valence-electron chi connectivity index (χ3n) is 3.95. The molecule has 0 nitrogen and oxygen atoms in total. The van der Waals surface area contributed by atoms with Crippen LogP contribution in [0.4, 0.5) is 0 Å². The molecule has 2 aliphatic rings. The molecular weight excluding hydrogens is 228 g/mol. The van der Waals surface area contributed by atoms with Crippen molar-refractivity contribution in [3.05, 3.63) is 95.1 Å². The largest absolute Gasteiger partial charge is 0.0622 e. The predicted octanol–water partition coefficient (Wildman–Crippen LogP) is 4.82. The Morgan fingerprint density at radius 2 is 1.58 bits per heavy atom. The van der Waals surface area contributed by atoms with Crippen molar-refractivity contribution in [1.82, 2.24) is 0 Å². The van der Waals surface area contributed by atoms with Crippen LogP contribution in [0.1, 0.15) is 22.6 Å². The summed E-state index contributed by atoms with van der Waals surface area (Å²) in [5.74, 6) is 0.406. The van der Waals surface area contributed by atoms with Gasteiger partial charge in [-0.25, -0.2) is 0 Å². The van der Waals surface area contributed by atoms with Gasteiger partial charge in [0.15, 0.2) is 0 Å². The van der Waals surface area contributed by atoms with Crippen molar-refractivity contribution < 1.29 is 0 Å². The van der Waals surface area contributed by atoms with Crippen molar-refractivity contribution in [1.29, 1.82) is 0 Å². The second kappa shape index (κ2) is 4.10. The second-order valence-corrected chi connectivity index (χ2v) is 5.05. The van der Waals surface area contributed by atoms with E-state index in [0.29, 0.717) is 5.92 Å². The first kappa shape index (κ1) is 10.6. The molecule has 0 aliphatic heterocycles. The fraction of sp³-hybridized carbons (Fsp3) is 0.0526. The molecule has 0 heteroatoms. The Hall–Kier alpha value is -2.34. The highest BCUT2D eigenvalue weighted by Crippen LogP contribution is 2.46. The van der Waals surface area contributed by atoms with Crippen molar-refractivity contribution in [2.75, 3.05) is 0 Å². The van der Waals surface area contributed by atoms with Crippen LogP contribution in [0.5, 0.6) is 0 Å². The summed E-state index contributed by atoms with van der Waals surface area (Å²) in [6.07, 6.45) is 8.96. The van der Waals surface area contributed by atoms with E-state index in [4.69, 9.17) is 0 Å². The van der Waals surface area contributed by atoms with E-state index < -0.39 is 0 Å². The Balaban J connectivity index is 1.89. The van der Waals surface area contributed by atoms with Crippen molar-refractivity contribution in [2.24, 2.45) is 0 Å². The van der Waals surface area contributed by atoms with Gasteiger partial charge in [0.25, 0.3) is 0 Å². The van der Waals surface area contributed by atoms with Gasteiger partial charge in [-0.05, 0) is 27.8 Å². The molecular formula is C19H14. The molecule has 0 amide bonds. The summed E-state index contributed by atoms with van der Waals surface area (Å²) in [4.78, 5) is 0. The topological polar surface area (TPSA) is 0 Å². The zero-order valence-electron chi connectivity index (χ0n) is 10.6. The lowest BCUT2D eigenvalue weighted by Gasteiger charge is -2.22. The number of hydrogen-bond donors (Lipinski definition) is 0. The third kappa shape index (κ3) is 1.61. The Bertz CT molecular complexity index is 715. The summed E-state index contributed by atoms with van der Waals surface area (Å²) in [7, 11) is 0. The van der Waals surface area contributed by atoms with Crippen LogP contribution in [0.2, 0.25) is 0 Å². The molecule has 0 radical (unpaired) electrons. The molecule has 0 saturated heterocycles. The first-order valence-corrected chi connectivity index (χ1v) is 6.68. The van der Waals surface area contributed by atoms with Gasteiger partial charge in [0, 0.05) is 5.92 Å². The number of allylic oxidation sites excluding steroid dienone is 5. The smallest absolute Gasteiger partial charge is 0.0352 e. The van der Waals surface area contributed by atoms with E-state index in [1.54, 1.807) is 0 Å². The second-order valence-electron chi connectivity index (χ2n) is 5.05. The molecule has 2 aliphatic carbocycles. The van der Waals surface area contributed by atoms with Gasteiger partial charge in [-0.1, -0.05) is 78.9 Å². The average molecular weight is 242 g/mol. The standard InChI is InChI=1S/C19H14/c1-2-7-14(8-3-1)17-12-6-10-16-13-15-9-4-5-11-18(15)19(16)17/h1-13,19H. The highest BCUT2D eigenvalue weighted by atomic mass is 14.3. The maximum absolute atomic E-state index is 2.31. The van der Waals surface area contributed by atoms with Crippen LogP contribution < -0.4 is 0 Å². The van der Waals surface area contributed by atoms with E-state index in [1.165, 1.54) is 27.8 Å². The molecule has 1 atom stereocenters. The number of benzene rings is 2. The summed E-state index contributed by atoms with van der Waals surface area (Å²) in [5.41, 5.74) is 6.91. The highest BCUT2D eigenvalue weighted by Gasteiger charge is 2.28. The van der Waals surface area contributed by atoms with Gasteiger partial charge in [-0.3, -0.25) is 0 Å². The fourth-order valence-corrected chi connectivity index (χ4v) is 3.09. The van der Waals surface area contributed by atoms with Crippen LogP contribution >= 0.6 is 0 Å². The van der Waals surface area contributed by atoms with E-state index in [1.807, 2.05) is 0 Å². The van der Waals surface area contributed by atoms with Crippen molar-refractivity contribution in [3.8, 4) is 0 Å². The van der Waals surface area contributed by atoms with Crippen LogP contribution in [0, 0.1) is 0 Å². The molecule has 2 aromatic carbocycles. The van der Waals surface area contributed by atoms with Gasteiger partial charge in [-0.2, -0.15) is 0 Å². The molecule has 4 rings (SSSR count). The number of rotatable bonds is 1. The van der Waals surface area contributed by atoms with Crippen molar-refractivity contribution in [3.63, 3.8) is 0 Å². The minimum atomic E-state index is 0.406. The van der Waals surface area contributed by atoms with Gasteiger partial charge in [0.1, 0.15) is 0 Å². The van der Waals surface area contributed by atoms with Gasteiger partial charge >= 0.3 is 0 Å². The Morgan fingerprint density at radius 3 is 2.47 bits per heavy atom. The molecule has 90 valence electrons. The molecule has 0 saturated carbocycles. The summed E-state index contributed by atoms with van der Waals surface area (Å²) in [5, 5.41) is 0. The maximum Gasteiger partial charge on any atom is 0.0352 e. The van der Waals surface area contributed by atoms with Gasteiger partial charge in [0.05, 0.1) is 0 Å². The molecule has 2 aromatic rings. The monoisotopic (exact) mass is 242 g/mol. The molecule has 0 fully saturated rings. The third-order valence-corrected chi connectivity index (χ3v) is 3.95. The molecule has 0 aromatic heterocycles. The predicted molar refractivity (Wildman–Crippen MR) is 80.7 cm³/mol. The minimum absolute atomic E-state index is 0.406. The normalized spacial score (nSPS) is 19.5. The van der Waals surface area contributed by atoms with Gasteiger partial charge in [0.2, 0.25) is 0 Å². The highest BCUT2D eigenvalue weighted by molar-refractivity contribution is 5.86. The first-order valence-electron chi connectivity index (χ1n) is 6.68. The molecule has 1 unspecified atom stereocenters. The Labute approximate surface area is 113 Å². The Morgan fingerprint density at radius 1 is 0.789 bits per heavy atom. The molecule has 0 bridgehead atoms. The quantitative estimate of drug-likeness (QED) is 0.672. The zero-order chi connectivity index (χ0) is 12.7. The zero-order valence-corrected chi connectivity index (χ0v) is 10.6. The van der Waals surface area contributed by atoms with E-state index >= 15 is 0 Å². The molecule has 0 spiro atoms.